The van der Waals surface area contributed by atoms with E-state index in [4.69, 9.17) is 14.3 Å². The van der Waals surface area contributed by atoms with Crippen LogP contribution in [-0.4, -0.2) is 49.9 Å². The van der Waals surface area contributed by atoms with Crippen molar-refractivity contribution in [3.8, 4) is 0 Å². The highest BCUT2D eigenvalue weighted by molar-refractivity contribution is 5.83. The van der Waals surface area contributed by atoms with Gasteiger partial charge in [0.25, 0.3) is 0 Å². The highest BCUT2D eigenvalue weighted by atomic mass is 16.7. The number of rotatable bonds is 11. The van der Waals surface area contributed by atoms with E-state index in [1.807, 2.05) is 20.8 Å². The van der Waals surface area contributed by atoms with Gasteiger partial charge in [-0.15, -0.1) is 0 Å². The maximum atomic E-state index is 12.3. The average Bonchev–Trinajstić information content (AvgIpc) is 2.46. The SMILES string of the molecule is CCCCOCCCC(CC(=O)OC(C)(C)C)C(=O)N(C)OC. The van der Waals surface area contributed by atoms with Crippen LogP contribution in [0, 0.1) is 5.92 Å². The number of unbranched alkanes of at least 4 members (excludes halogenated alkanes) is 1. The molecule has 0 saturated heterocycles. The lowest BCUT2D eigenvalue weighted by atomic mass is 9.98. The standard InChI is InChI=1S/C17H33NO5/c1-7-8-11-22-12-9-10-14(16(20)18(5)21-6)13-15(19)23-17(2,3)4/h14H,7-13H2,1-6H3. The van der Waals surface area contributed by atoms with E-state index in [1.54, 1.807) is 7.05 Å². The minimum atomic E-state index is -0.554. The van der Waals surface area contributed by atoms with Gasteiger partial charge in [-0.05, 0) is 40.0 Å². The quantitative estimate of drug-likeness (QED) is 0.331. The Kier molecular flexibility index (Phi) is 10.8. The topological polar surface area (TPSA) is 65.1 Å². The van der Waals surface area contributed by atoms with E-state index in [0.29, 0.717) is 13.0 Å². The molecule has 0 aromatic heterocycles. The van der Waals surface area contributed by atoms with Gasteiger partial charge in [-0.3, -0.25) is 14.4 Å². The third kappa shape index (κ3) is 11.1. The third-order valence-electron chi connectivity index (χ3n) is 3.25. The summed E-state index contributed by atoms with van der Waals surface area (Å²) in [5.41, 5.74) is -0.554. The van der Waals surface area contributed by atoms with Crippen LogP contribution in [0.25, 0.3) is 0 Å². The number of nitrogens with zero attached hydrogens (tertiary/aromatic N) is 1. The first-order chi connectivity index (χ1) is 10.7. The van der Waals surface area contributed by atoms with E-state index < -0.39 is 11.5 Å². The number of esters is 1. The molecule has 0 aliphatic heterocycles. The van der Waals surface area contributed by atoms with Crippen LogP contribution in [0.2, 0.25) is 0 Å². The molecule has 0 spiro atoms. The molecule has 0 bridgehead atoms. The molecule has 0 radical (unpaired) electrons. The summed E-state index contributed by atoms with van der Waals surface area (Å²) in [6.07, 6.45) is 3.47. The van der Waals surface area contributed by atoms with Gasteiger partial charge in [0.05, 0.1) is 19.4 Å². The summed E-state index contributed by atoms with van der Waals surface area (Å²) in [6.45, 7) is 8.87. The monoisotopic (exact) mass is 331 g/mol. The van der Waals surface area contributed by atoms with Crippen molar-refractivity contribution in [1.29, 1.82) is 0 Å². The Balaban J connectivity index is 4.46. The Hall–Kier alpha value is -1.14. The van der Waals surface area contributed by atoms with Crippen molar-refractivity contribution in [2.24, 2.45) is 5.92 Å². The predicted octanol–water partition coefficient (Wildman–Crippen LogP) is 2.95. The molecule has 1 unspecified atom stereocenters. The van der Waals surface area contributed by atoms with Crippen LogP contribution in [0.5, 0.6) is 0 Å². The van der Waals surface area contributed by atoms with E-state index in [0.717, 1.165) is 30.9 Å². The maximum Gasteiger partial charge on any atom is 0.307 e. The van der Waals surface area contributed by atoms with Crippen molar-refractivity contribution >= 4 is 11.9 Å². The van der Waals surface area contributed by atoms with Gasteiger partial charge in [0, 0.05) is 20.3 Å². The second-order valence-corrected chi connectivity index (χ2v) is 6.61. The molecular weight excluding hydrogens is 298 g/mol. The van der Waals surface area contributed by atoms with Crippen molar-refractivity contribution < 1.29 is 23.9 Å². The summed E-state index contributed by atoms with van der Waals surface area (Å²) in [7, 11) is 2.97. The van der Waals surface area contributed by atoms with E-state index >= 15 is 0 Å². The van der Waals surface area contributed by atoms with Gasteiger partial charge in [-0.1, -0.05) is 13.3 Å². The average molecular weight is 331 g/mol. The number of hydroxylamine groups is 2. The molecule has 6 heteroatoms. The van der Waals surface area contributed by atoms with Gasteiger partial charge in [0.2, 0.25) is 5.91 Å². The van der Waals surface area contributed by atoms with E-state index in [-0.39, 0.29) is 18.3 Å². The zero-order chi connectivity index (χ0) is 17.9. The summed E-state index contributed by atoms with van der Waals surface area (Å²) >= 11 is 0. The summed E-state index contributed by atoms with van der Waals surface area (Å²) in [4.78, 5) is 29.2. The first kappa shape index (κ1) is 21.9. The molecule has 0 fully saturated rings. The fourth-order valence-corrected chi connectivity index (χ4v) is 2.02. The molecule has 136 valence electrons. The highest BCUT2D eigenvalue weighted by Gasteiger charge is 2.27. The molecule has 1 atom stereocenters. The molecule has 0 rings (SSSR count). The smallest absolute Gasteiger partial charge is 0.307 e. The minimum absolute atomic E-state index is 0.0543. The Morgan fingerprint density at radius 3 is 2.26 bits per heavy atom. The van der Waals surface area contributed by atoms with Crippen LogP contribution < -0.4 is 0 Å². The van der Waals surface area contributed by atoms with E-state index in [9.17, 15) is 9.59 Å². The lowest BCUT2D eigenvalue weighted by Gasteiger charge is -2.24. The van der Waals surface area contributed by atoms with E-state index in [2.05, 4.69) is 6.92 Å². The number of amides is 1. The number of carbonyl (C=O) groups is 2. The van der Waals surface area contributed by atoms with Gasteiger partial charge in [-0.2, -0.15) is 0 Å². The van der Waals surface area contributed by atoms with E-state index in [1.165, 1.54) is 7.11 Å². The van der Waals surface area contributed by atoms with Crippen LogP contribution in [-0.2, 0) is 23.9 Å². The normalized spacial score (nSPS) is 12.8. The molecule has 0 saturated carbocycles. The van der Waals surface area contributed by atoms with Crippen LogP contribution in [0.1, 0.15) is 59.8 Å². The molecule has 6 nitrogen and oxygen atoms in total. The Bertz CT molecular complexity index is 351. The van der Waals surface area contributed by atoms with Crippen molar-refractivity contribution in [3.05, 3.63) is 0 Å². The van der Waals surface area contributed by atoms with Crippen molar-refractivity contribution in [2.45, 2.75) is 65.4 Å². The Morgan fingerprint density at radius 1 is 1.13 bits per heavy atom. The van der Waals surface area contributed by atoms with Crippen molar-refractivity contribution in [3.63, 3.8) is 0 Å². The second kappa shape index (κ2) is 11.4. The van der Waals surface area contributed by atoms with Crippen molar-refractivity contribution in [1.82, 2.24) is 5.06 Å². The Morgan fingerprint density at radius 2 is 1.74 bits per heavy atom. The number of hydrogen-bond donors (Lipinski definition) is 0. The van der Waals surface area contributed by atoms with Crippen LogP contribution in [0.3, 0.4) is 0 Å². The zero-order valence-electron chi connectivity index (χ0n) is 15.5. The molecule has 0 aliphatic rings. The minimum Gasteiger partial charge on any atom is -0.460 e. The fourth-order valence-electron chi connectivity index (χ4n) is 2.02. The fraction of sp³-hybridized carbons (Fsp3) is 0.882. The molecule has 0 heterocycles. The lowest BCUT2D eigenvalue weighted by molar-refractivity contribution is -0.177. The molecule has 0 aliphatic carbocycles. The van der Waals surface area contributed by atoms with Gasteiger partial charge in [-0.25, -0.2) is 5.06 Å². The highest BCUT2D eigenvalue weighted by Crippen LogP contribution is 2.18. The zero-order valence-corrected chi connectivity index (χ0v) is 15.5. The summed E-state index contributed by atoms with van der Waals surface area (Å²) in [6, 6.07) is 0. The summed E-state index contributed by atoms with van der Waals surface area (Å²) < 4.78 is 10.8. The molecule has 0 aromatic rings. The van der Waals surface area contributed by atoms with Crippen molar-refractivity contribution in [2.75, 3.05) is 27.4 Å². The molecule has 23 heavy (non-hydrogen) atoms. The van der Waals surface area contributed by atoms with Gasteiger partial charge < -0.3 is 9.47 Å². The number of ether oxygens (including phenoxy) is 2. The molecule has 1 amide bonds. The van der Waals surface area contributed by atoms with Gasteiger partial charge >= 0.3 is 5.97 Å². The maximum absolute atomic E-state index is 12.3. The first-order valence-electron chi connectivity index (χ1n) is 8.32. The summed E-state index contributed by atoms with van der Waals surface area (Å²) in [5.74, 6) is -1.04. The molecular formula is C17H33NO5. The molecule has 0 aromatic carbocycles. The van der Waals surface area contributed by atoms with Crippen LogP contribution in [0.15, 0.2) is 0 Å². The third-order valence-corrected chi connectivity index (χ3v) is 3.25. The molecule has 0 N–H and O–H groups in total. The summed E-state index contributed by atoms with van der Waals surface area (Å²) in [5, 5.41) is 1.16. The van der Waals surface area contributed by atoms with Crippen LogP contribution >= 0.6 is 0 Å². The first-order valence-corrected chi connectivity index (χ1v) is 8.32. The largest absolute Gasteiger partial charge is 0.460 e. The predicted molar refractivity (Wildman–Crippen MR) is 88.7 cm³/mol. The Labute approximate surface area is 140 Å². The lowest BCUT2D eigenvalue weighted by Crippen LogP contribution is -2.35. The van der Waals surface area contributed by atoms with Gasteiger partial charge in [0.15, 0.2) is 0 Å². The second-order valence-electron chi connectivity index (χ2n) is 6.61. The number of carbonyl (C=O) groups excluding carboxylic acids is 2. The van der Waals surface area contributed by atoms with Crippen LogP contribution in [0.4, 0.5) is 0 Å². The van der Waals surface area contributed by atoms with Gasteiger partial charge in [0.1, 0.15) is 5.60 Å². The number of hydrogen-bond acceptors (Lipinski definition) is 5.